The van der Waals surface area contributed by atoms with Gasteiger partial charge in [-0.2, -0.15) is 0 Å². The van der Waals surface area contributed by atoms with Gasteiger partial charge in [0.15, 0.2) is 0 Å². The molecule has 3 nitrogen and oxygen atoms in total. The predicted octanol–water partition coefficient (Wildman–Crippen LogP) is 3.99. The van der Waals surface area contributed by atoms with Crippen molar-refractivity contribution < 1.29 is 9.59 Å². The molecule has 0 bridgehead atoms. The molecule has 5 heteroatoms. The molecule has 0 saturated carbocycles. The Bertz CT molecular complexity index is 800. The van der Waals surface area contributed by atoms with Gasteiger partial charge in [-0.3, -0.25) is 9.59 Å². The zero-order valence-corrected chi connectivity index (χ0v) is 13.6. The van der Waals surface area contributed by atoms with Crippen LogP contribution < -0.4 is 0 Å². The van der Waals surface area contributed by atoms with Crippen molar-refractivity contribution >= 4 is 41.0 Å². The van der Waals surface area contributed by atoms with E-state index in [1.807, 2.05) is 30.3 Å². The Morgan fingerprint density at radius 1 is 1.04 bits per heavy atom. The highest BCUT2D eigenvalue weighted by Gasteiger charge is 2.33. The topological polar surface area (TPSA) is 37.4 Å². The van der Waals surface area contributed by atoms with Gasteiger partial charge in [0.1, 0.15) is 0 Å². The third-order valence-corrected chi connectivity index (χ3v) is 4.21. The van der Waals surface area contributed by atoms with Crippen LogP contribution in [0.15, 0.2) is 54.1 Å². The van der Waals surface area contributed by atoms with Gasteiger partial charge >= 0.3 is 0 Å². The van der Waals surface area contributed by atoms with E-state index in [0.717, 1.165) is 5.56 Å². The quantitative estimate of drug-likeness (QED) is 0.623. The smallest absolute Gasteiger partial charge is 0.295 e. The summed E-state index contributed by atoms with van der Waals surface area (Å²) >= 11 is 12.0. The summed E-state index contributed by atoms with van der Waals surface area (Å²) in [5, 5.41) is 0.975. The fourth-order valence-corrected chi connectivity index (χ4v) is 2.94. The zero-order chi connectivity index (χ0) is 16.4. The number of benzene rings is 2. The van der Waals surface area contributed by atoms with Gasteiger partial charge in [-0.15, -0.1) is 0 Å². The number of halogens is 2. The standard InChI is InChI=1S/C18H13Cl2NO2/c19-15-7-6-13(16(20)9-15)8-14-11-21(18(23)17(14)22)10-12-4-2-1-3-5-12/h1-9H,10-11H2/b14-8+. The van der Waals surface area contributed by atoms with Gasteiger partial charge < -0.3 is 4.90 Å². The summed E-state index contributed by atoms with van der Waals surface area (Å²) in [6, 6.07) is 14.6. The maximum absolute atomic E-state index is 12.2. The lowest BCUT2D eigenvalue weighted by atomic mass is 10.1. The van der Waals surface area contributed by atoms with Crippen molar-refractivity contribution in [3.8, 4) is 0 Å². The van der Waals surface area contributed by atoms with Crippen LogP contribution in [0.4, 0.5) is 0 Å². The van der Waals surface area contributed by atoms with Crippen LogP contribution in [0.25, 0.3) is 6.08 Å². The lowest BCUT2D eigenvalue weighted by molar-refractivity contribution is -0.139. The fourth-order valence-electron chi connectivity index (χ4n) is 2.48. The summed E-state index contributed by atoms with van der Waals surface area (Å²) in [6.45, 7) is 0.697. The van der Waals surface area contributed by atoms with E-state index in [0.29, 0.717) is 27.7 Å². The second kappa shape index (κ2) is 6.57. The van der Waals surface area contributed by atoms with Gasteiger partial charge in [0.2, 0.25) is 5.78 Å². The van der Waals surface area contributed by atoms with Crippen LogP contribution >= 0.6 is 23.2 Å². The minimum Gasteiger partial charge on any atom is -0.327 e. The molecule has 0 atom stereocenters. The summed E-state index contributed by atoms with van der Waals surface area (Å²) < 4.78 is 0. The van der Waals surface area contributed by atoms with E-state index in [2.05, 4.69) is 0 Å². The monoisotopic (exact) mass is 345 g/mol. The van der Waals surface area contributed by atoms with Gasteiger partial charge in [0.25, 0.3) is 5.91 Å². The predicted molar refractivity (Wildman–Crippen MR) is 91.3 cm³/mol. The number of rotatable bonds is 3. The molecule has 0 N–H and O–H groups in total. The summed E-state index contributed by atoms with van der Waals surface area (Å²) in [4.78, 5) is 25.8. The number of likely N-dealkylation sites (tertiary alicyclic amines) is 1. The van der Waals surface area contributed by atoms with Gasteiger partial charge in [-0.1, -0.05) is 59.6 Å². The average molecular weight is 346 g/mol. The minimum atomic E-state index is -0.481. The third kappa shape index (κ3) is 3.46. The van der Waals surface area contributed by atoms with Crippen molar-refractivity contribution in [3.63, 3.8) is 0 Å². The molecule has 1 saturated heterocycles. The molecule has 2 aromatic carbocycles. The normalized spacial score (nSPS) is 16.4. The molecule has 1 aliphatic rings. The number of amides is 1. The Morgan fingerprint density at radius 2 is 1.78 bits per heavy atom. The number of ketones is 1. The minimum absolute atomic E-state index is 0.283. The van der Waals surface area contributed by atoms with E-state index in [4.69, 9.17) is 23.2 Å². The number of nitrogens with zero attached hydrogens (tertiary/aromatic N) is 1. The highest BCUT2D eigenvalue weighted by atomic mass is 35.5. The first kappa shape index (κ1) is 15.8. The number of hydrogen-bond donors (Lipinski definition) is 0. The Balaban J connectivity index is 1.83. The van der Waals surface area contributed by atoms with Crippen molar-refractivity contribution in [1.82, 2.24) is 4.90 Å². The highest BCUT2D eigenvalue weighted by molar-refractivity contribution is 6.46. The molecule has 1 aliphatic heterocycles. The third-order valence-electron chi connectivity index (χ3n) is 3.64. The largest absolute Gasteiger partial charge is 0.327 e. The van der Waals surface area contributed by atoms with E-state index >= 15 is 0 Å². The van der Waals surface area contributed by atoms with Crippen LogP contribution in [0.2, 0.25) is 10.0 Å². The van der Waals surface area contributed by atoms with Gasteiger partial charge in [0, 0.05) is 22.2 Å². The second-order valence-corrected chi connectivity index (χ2v) is 6.15. The van der Waals surface area contributed by atoms with Crippen molar-refractivity contribution in [2.45, 2.75) is 6.54 Å². The van der Waals surface area contributed by atoms with Crippen molar-refractivity contribution in [3.05, 3.63) is 75.3 Å². The number of Topliss-reactive ketones (excluding diaryl/α,β-unsaturated/α-hetero) is 1. The number of carbonyl (C=O) groups is 2. The first-order chi connectivity index (χ1) is 11.0. The van der Waals surface area contributed by atoms with Gasteiger partial charge in [0.05, 0.1) is 6.54 Å². The molecule has 1 heterocycles. The molecule has 0 spiro atoms. The van der Waals surface area contributed by atoms with Crippen LogP contribution in [0.5, 0.6) is 0 Å². The summed E-state index contributed by atoms with van der Waals surface area (Å²) in [6.07, 6.45) is 1.66. The zero-order valence-electron chi connectivity index (χ0n) is 12.1. The molecule has 0 aromatic heterocycles. The Hall–Kier alpha value is -2.10. The number of carbonyl (C=O) groups excluding carboxylic acids is 2. The van der Waals surface area contributed by atoms with Crippen LogP contribution in [0.3, 0.4) is 0 Å². The summed E-state index contributed by atoms with van der Waals surface area (Å²) in [5.41, 5.74) is 2.10. The molecular weight excluding hydrogens is 333 g/mol. The van der Waals surface area contributed by atoms with E-state index in [1.54, 1.807) is 24.3 Å². The summed E-state index contributed by atoms with van der Waals surface area (Å²) in [5.74, 6) is -0.961. The first-order valence-electron chi connectivity index (χ1n) is 7.08. The van der Waals surface area contributed by atoms with Crippen LogP contribution in [-0.2, 0) is 16.1 Å². The lowest BCUT2D eigenvalue weighted by Gasteiger charge is -2.13. The molecule has 1 fully saturated rings. The number of hydrogen-bond acceptors (Lipinski definition) is 2. The highest BCUT2D eigenvalue weighted by Crippen LogP contribution is 2.25. The molecule has 0 unspecified atom stereocenters. The molecule has 0 radical (unpaired) electrons. The molecular formula is C18H13Cl2NO2. The average Bonchev–Trinajstić information content (AvgIpc) is 2.79. The lowest BCUT2D eigenvalue weighted by Crippen LogP contribution is -2.26. The SMILES string of the molecule is O=C1C(=O)N(Cc2ccccc2)C/C1=C\c1ccc(Cl)cc1Cl. The van der Waals surface area contributed by atoms with E-state index in [-0.39, 0.29) is 6.54 Å². The van der Waals surface area contributed by atoms with Crippen LogP contribution in [0.1, 0.15) is 11.1 Å². The van der Waals surface area contributed by atoms with Crippen molar-refractivity contribution in [2.75, 3.05) is 6.54 Å². The van der Waals surface area contributed by atoms with Crippen molar-refractivity contribution in [2.24, 2.45) is 0 Å². The Labute approximate surface area is 144 Å². The van der Waals surface area contributed by atoms with Crippen LogP contribution in [0, 0.1) is 0 Å². The molecule has 0 aliphatic carbocycles. The molecule has 116 valence electrons. The van der Waals surface area contributed by atoms with E-state index < -0.39 is 11.7 Å². The molecule has 3 rings (SSSR count). The maximum Gasteiger partial charge on any atom is 0.295 e. The fraction of sp³-hybridized carbons (Fsp3) is 0.111. The van der Waals surface area contributed by atoms with Gasteiger partial charge in [-0.25, -0.2) is 0 Å². The van der Waals surface area contributed by atoms with Gasteiger partial charge in [-0.05, 0) is 29.3 Å². The molecule has 1 amide bonds. The Morgan fingerprint density at radius 3 is 2.48 bits per heavy atom. The molecule has 23 heavy (non-hydrogen) atoms. The van der Waals surface area contributed by atoms with E-state index in [9.17, 15) is 9.59 Å². The van der Waals surface area contributed by atoms with Crippen LogP contribution in [-0.4, -0.2) is 23.1 Å². The Kier molecular flexibility index (Phi) is 4.51. The maximum atomic E-state index is 12.2. The van der Waals surface area contributed by atoms with E-state index in [1.165, 1.54) is 4.90 Å². The first-order valence-corrected chi connectivity index (χ1v) is 7.83. The van der Waals surface area contributed by atoms with Crippen molar-refractivity contribution in [1.29, 1.82) is 0 Å². The summed E-state index contributed by atoms with van der Waals surface area (Å²) in [7, 11) is 0. The molecule has 2 aromatic rings. The second-order valence-electron chi connectivity index (χ2n) is 5.31.